The molecule has 0 aliphatic carbocycles. The molecule has 1 fully saturated rings. The predicted molar refractivity (Wildman–Crippen MR) is 107 cm³/mol. The highest BCUT2D eigenvalue weighted by atomic mass is 32.2. The highest BCUT2D eigenvalue weighted by Gasteiger charge is 2.33. The van der Waals surface area contributed by atoms with E-state index in [4.69, 9.17) is 0 Å². The van der Waals surface area contributed by atoms with Crippen LogP contribution in [0.1, 0.15) is 49.0 Å². The number of para-hydroxylation sites is 1. The van der Waals surface area contributed by atoms with E-state index in [0.29, 0.717) is 12.2 Å². The summed E-state index contributed by atoms with van der Waals surface area (Å²) in [5.41, 5.74) is 1.73. The molecule has 2 aromatic carbocycles. The SMILES string of the molecule is CCc1ccccc1NC(=O)c1ccc(F)c(S(=O)(=O)N2CCCCC2C)c1. The first-order valence-corrected chi connectivity index (χ1v) is 11.0. The van der Waals surface area contributed by atoms with Crippen LogP contribution in [0.25, 0.3) is 0 Å². The van der Waals surface area contributed by atoms with Crippen LogP contribution in [0, 0.1) is 5.82 Å². The van der Waals surface area contributed by atoms with Crippen LogP contribution in [0.15, 0.2) is 47.4 Å². The molecule has 3 rings (SSSR count). The van der Waals surface area contributed by atoms with Crippen molar-refractivity contribution < 1.29 is 17.6 Å². The van der Waals surface area contributed by atoms with Gasteiger partial charge in [-0.05, 0) is 56.0 Å². The Hall–Kier alpha value is -2.25. The van der Waals surface area contributed by atoms with Gasteiger partial charge in [0, 0.05) is 23.8 Å². The van der Waals surface area contributed by atoms with Crippen molar-refractivity contribution in [1.29, 1.82) is 0 Å². The molecule has 1 aliphatic heterocycles. The molecule has 28 heavy (non-hydrogen) atoms. The predicted octanol–water partition coefficient (Wildman–Crippen LogP) is 4.20. The van der Waals surface area contributed by atoms with Gasteiger partial charge in [-0.1, -0.05) is 31.5 Å². The fourth-order valence-electron chi connectivity index (χ4n) is 3.54. The van der Waals surface area contributed by atoms with E-state index in [-0.39, 0.29) is 11.6 Å². The van der Waals surface area contributed by atoms with E-state index in [1.54, 1.807) is 6.07 Å². The van der Waals surface area contributed by atoms with Gasteiger partial charge in [0.25, 0.3) is 5.91 Å². The minimum absolute atomic E-state index is 0.107. The third-order valence-electron chi connectivity index (χ3n) is 5.17. The minimum atomic E-state index is -4.01. The maximum absolute atomic E-state index is 14.4. The number of benzene rings is 2. The Balaban J connectivity index is 1.92. The topological polar surface area (TPSA) is 66.5 Å². The van der Waals surface area contributed by atoms with E-state index in [0.717, 1.165) is 43.4 Å². The van der Waals surface area contributed by atoms with E-state index in [9.17, 15) is 17.6 Å². The number of rotatable bonds is 5. The second-order valence-corrected chi connectivity index (χ2v) is 8.93. The number of nitrogens with zero attached hydrogens (tertiary/aromatic N) is 1. The Bertz CT molecular complexity index is 975. The monoisotopic (exact) mass is 404 g/mol. The maximum Gasteiger partial charge on any atom is 0.255 e. The number of hydrogen-bond acceptors (Lipinski definition) is 3. The molecule has 0 aromatic heterocycles. The summed E-state index contributed by atoms with van der Waals surface area (Å²) >= 11 is 0. The largest absolute Gasteiger partial charge is 0.322 e. The molecule has 1 amide bonds. The van der Waals surface area contributed by atoms with Crippen LogP contribution < -0.4 is 5.32 Å². The number of hydrogen-bond donors (Lipinski definition) is 1. The van der Waals surface area contributed by atoms with Gasteiger partial charge in [-0.25, -0.2) is 12.8 Å². The summed E-state index contributed by atoms with van der Waals surface area (Å²) in [6.45, 7) is 4.17. The lowest BCUT2D eigenvalue weighted by molar-refractivity contribution is 0.102. The molecule has 1 unspecified atom stereocenters. The average molecular weight is 405 g/mol. The van der Waals surface area contributed by atoms with Crippen molar-refractivity contribution in [2.24, 2.45) is 0 Å². The molecule has 5 nitrogen and oxygen atoms in total. The van der Waals surface area contributed by atoms with Gasteiger partial charge in [-0.15, -0.1) is 0 Å². The van der Waals surface area contributed by atoms with Crippen LogP contribution in [0.3, 0.4) is 0 Å². The van der Waals surface area contributed by atoms with E-state index in [2.05, 4.69) is 5.32 Å². The van der Waals surface area contributed by atoms with Gasteiger partial charge in [-0.2, -0.15) is 4.31 Å². The molecule has 1 saturated heterocycles. The molecular weight excluding hydrogens is 379 g/mol. The normalized spacial score (nSPS) is 18.0. The van der Waals surface area contributed by atoms with E-state index in [1.807, 2.05) is 32.0 Å². The Morgan fingerprint density at radius 1 is 1.21 bits per heavy atom. The van der Waals surface area contributed by atoms with Gasteiger partial charge >= 0.3 is 0 Å². The zero-order chi connectivity index (χ0) is 20.3. The standard InChI is InChI=1S/C21H25FN2O3S/c1-3-16-9-4-5-10-19(16)23-21(25)17-11-12-18(22)20(14-17)28(26,27)24-13-7-6-8-15(24)2/h4-5,9-12,14-15H,3,6-8,13H2,1-2H3,(H,23,25). The fraction of sp³-hybridized carbons (Fsp3) is 0.381. The van der Waals surface area contributed by atoms with E-state index >= 15 is 0 Å². The first-order chi connectivity index (χ1) is 13.3. The molecule has 2 aromatic rings. The zero-order valence-electron chi connectivity index (χ0n) is 16.1. The molecule has 0 spiro atoms. The Kier molecular flexibility index (Phi) is 6.15. The quantitative estimate of drug-likeness (QED) is 0.812. The first-order valence-electron chi connectivity index (χ1n) is 9.55. The Morgan fingerprint density at radius 3 is 2.68 bits per heavy atom. The third-order valence-corrected chi connectivity index (χ3v) is 7.20. The summed E-state index contributed by atoms with van der Waals surface area (Å²) in [6, 6.07) is 10.7. The molecule has 1 aliphatic rings. The smallest absolute Gasteiger partial charge is 0.255 e. The Morgan fingerprint density at radius 2 is 1.96 bits per heavy atom. The summed E-state index contributed by atoms with van der Waals surface area (Å²) < 4.78 is 41.8. The number of sulfonamides is 1. The Labute approximate surface area is 165 Å². The molecular formula is C21H25FN2O3S. The van der Waals surface area contributed by atoms with Crippen LogP contribution >= 0.6 is 0 Å². The van der Waals surface area contributed by atoms with Crippen LogP contribution in [0.2, 0.25) is 0 Å². The number of amides is 1. The van der Waals surface area contributed by atoms with Crippen LogP contribution in [0.4, 0.5) is 10.1 Å². The lowest BCUT2D eigenvalue weighted by Gasteiger charge is -2.32. The number of carbonyl (C=O) groups is 1. The second-order valence-electron chi connectivity index (χ2n) is 7.07. The van der Waals surface area contributed by atoms with Crippen molar-refractivity contribution in [2.45, 2.75) is 50.5 Å². The van der Waals surface area contributed by atoms with Crippen molar-refractivity contribution in [3.63, 3.8) is 0 Å². The van der Waals surface area contributed by atoms with Gasteiger partial charge in [0.1, 0.15) is 10.7 Å². The highest BCUT2D eigenvalue weighted by Crippen LogP contribution is 2.27. The molecule has 1 heterocycles. The number of nitrogens with one attached hydrogen (secondary N) is 1. The second kappa shape index (κ2) is 8.41. The average Bonchev–Trinajstić information content (AvgIpc) is 2.68. The van der Waals surface area contributed by atoms with E-state index < -0.39 is 26.6 Å². The summed E-state index contributed by atoms with van der Waals surface area (Å²) in [6.07, 6.45) is 3.19. The summed E-state index contributed by atoms with van der Waals surface area (Å²) in [7, 11) is -4.01. The minimum Gasteiger partial charge on any atom is -0.322 e. The van der Waals surface area contributed by atoms with Crippen molar-refractivity contribution in [1.82, 2.24) is 4.31 Å². The van der Waals surface area contributed by atoms with Gasteiger partial charge in [0.2, 0.25) is 10.0 Å². The van der Waals surface area contributed by atoms with Crippen molar-refractivity contribution in [3.05, 3.63) is 59.4 Å². The summed E-state index contributed by atoms with van der Waals surface area (Å²) in [5.74, 6) is -1.31. The third kappa shape index (κ3) is 4.10. The number of piperidine rings is 1. The van der Waals surface area contributed by atoms with Gasteiger partial charge in [0.05, 0.1) is 0 Å². The molecule has 0 saturated carbocycles. The van der Waals surface area contributed by atoms with Gasteiger partial charge in [0.15, 0.2) is 0 Å². The maximum atomic E-state index is 14.4. The van der Waals surface area contributed by atoms with Gasteiger partial charge in [-0.3, -0.25) is 4.79 Å². The highest BCUT2D eigenvalue weighted by molar-refractivity contribution is 7.89. The van der Waals surface area contributed by atoms with Crippen molar-refractivity contribution in [2.75, 3.05) is 11.9 Å². The zero-order valence-corrected chi connectivity index (χ0v) is 16.9. The lowest BCUT2D eigenvalue weighted by atomic mass is 10.1. The van der Waals surface area contributed by atoms with Crippen molar-refractivity contribution >= 4 is 21.6 Å². The van der Waals surface area contributed by atoms with Crippen LogP contribution in [-0.4, -0.2) is 31.2 Å². The van der Waals surface area contributed by atoms with E-state index in [1.165, 1.54) is 10.4 Å². The molecule has 1 N–H and O–H groups in total. The molecule has 0 bridgehead atoms. The summed E-state index contributed by atoms with van der Waals surface area (Å²) in [4.78, 5) is 12.2. The van der Waals surface area contributed by atoms with Crippen molar-refractivity contribution in [3.8, 4) is 0 Å². The first kappa shape index (κ1) is 20.5. The fourth-order valence-corrected chi connectivity index (χ4v) is 5.33. The van der Waals surface area contributed by atoms with Crippen LogP contribution in [0.5, 0.6) is 0 Å². The number of halogens is 1. The molecule has 150 valence electrons. The number of aryl methyl sites for hydroxylation is 1. The lowest BCUT2D eigenvalue weighted by Crippen LogP contribution is -2.42. The van der Waals surface area contributed by atoms with Gasteiger partial charge < -0.3 is 5.32 Å². The summed E-state index contributed by atoms with van der Waals surface area (Å²) in [5, 5.41) is 2.79. The molecule has 0 radical (unpaired) electrons. The molecule has 1 atom stereocenters. The number of anilines is 1. The molecule has 7 heteroatoms. The van der Waals surface area contributed by atoms with Crippen LogP contribution in [-0.2, 0) is 16.4 Å². The number of carbonyl (C=O) groups excluding carboxylic acids is 1.